The van der Waals surface area contributed by atoms with Gasteiger partial charge in [-0.05, 0) is 61.8 Å². The van der Waals surface area contributed by atoms with Gasteiger partial charge in [-0.1, -0.05) is 55.8 Å². The largest absolute Gasteiger partial charge is 0.361 e. The van der Waals surface area contributed by atoms with Gasteiger partial charge in [0, 0.05) is 35.1 Å². The van der Waals surface area contributed by atoms with Crippen LogP contribution in [0.4, 0.5) is 0 Å². The molecular weight excluding hydrogens is 508 g/mol. The quantitative estimate of drug-likeness (QED) is 0.242. The maximum absolute atomic E-state index is 13.4. The van der Waals surface area contributed by atoms with E-state index in [1.54, 1.807) is 0 Å². The molecule has 0 amide bonds. The van der Waals surface area contributed by atoms with Gasteiger partial charge in [0.2, 0.25) is 10.0 Å². The molecule has 0 fully saturated rings. The molecule has 0 saturated carbocycles. The molecule has 0 aliphatic carbocycles. The Morgan fingerprint density at radius 1 is 1.03 bits per heavy atom. The molecule has 10 heteroatoms. The molecule has 2 N–H and O–H groups in total. The van der Waals surface area contributed by atoms with Gasteiger partial charge in [-0.2, -0.15) is 9.40 Å². The number of nitrogens with zero attached hydrogens (tertiary/aromatic N) is 4. The second kappa shape index (κ2) is 12.7. The van der Waals surface area contributed by atoms with Crippen molar-refractivity contribution in [3.05, 3.63) is 82.5 Å². The summed E-state index contributed by atoms with van der Waals surface area (Å²) in [5.74, 6) is 1.25. The zero-order chi connectivity index (χ0) is 26.3. The fourth-order valence-corrected chi connectivity index (χ4v) is 6.08. The number of hydrogen-bond acceptors (Lipinski definition) is 5. The minimum absolute atomic E-state index is 0.103. The highest BCUT2D eigenvalue weighted by Gasteiger charge is 2.24. The normalized spacial score (nSPS) is 12.2. The van der Waals surface area contributed by atoms with Crippen LogP contribution in [0.15, 0.2) is 54.7 Å². The standard InChI is InChI=1S/C27H35ClN6O2S/c1-3-33(4-2)14-8-16-37(35,36)34(15-13-21-9-6-5-7-10-21)20-27-30-26(31-32-27)17-22-19-29-25-12-11-23(28)18-24(22)25/h5-7,9-12,18-19,29H,3-4,8,13-17,20H2,1-2H3,(H,30,31,32). The molecule has 0 unspecified atom stereocenters. The number of benzene rings is 2. The molecule has 4 rings (SSSR count). The summed E-state index contributed by atoms with van der Waals surface area (Å²) < 4.78 is 28.3. The van der Waals surface area contributed by atoms with E-state index in [2.05, 4.69) is 38.9 Å². The highest BCUT2D eigenvalue weighted by atomic mass is 35.5. The number of rotatable bonds is 14. The van der Waals surface area contributed by atoms with E-state index in [9.17, 15) is 8.42 Å². The highest BCUT2D eigenvalue weighted by molar-refractivity contribution is 7.89. The second-order valence-electron chi connectivity index (χ2n) is 9.14. The lowest BCUT2D eigenvalue weighted by molar-refractivity contribution is 0.303. The zero-order valence-corrected chi connectivity index (χ0v) is 23.0. The number of nitrogens with one attached hydrogen (secondary N) is 2. The Morgan fingerprint density at radius 3 is 2.57 bits per heavy atom. The average Bonchev–Trinajstić information content (AvgIpc) is 3.51. The van der Waals surface area contributed by atoms with E-state index in [0.717, 1.165) is 41.7 Å². The van der Waals surface area contributed by atoms with E-state index in [1.165, 1.54) is 4.31 Å². The van der Waals surface area contributed by atoms with Crippen LogP contribution < -0.4 is 0 Å². The molecular formula is C27H35ClN6O2S. The zero-order valence-electron chi connectivity index (χ0n) is 21.5. The lowest BCUT2D eigenvalue weighted by Crippen LogP contribution is -2.36. The van der Waals surface area contributed by atoms with Gasteiger partial charge in [0.25, 0.3) is 0 Å². The molecule has 0 saturated heterocycles. The van der Waals surface area contributed by atoms with Crippen molar-refractivity contribution >= 4 is 32.5 Å². The first kappa shape index (κ1) is 27.3. The summed E-state index contributed by atoms with van der Waals surface area (Å²) in [6.07, 6.45) is 3.70. The van der Waals surface area contributed by atoms with E-state index in [1.807, 2.05) is 54.7 Å². The molecule has 0 atom stereocenters. The number of hydrogen-bond donors (Lipinski definition) is 2. The topological polar surface area (TPSA) is 98.0 Å². The molecule has 0 spiro atoms. The molecule has 0 aliphatic heterocycles. The third-order valence-corrected chi connectivity index (χ3v) is 8.78. The molecule has 0 radical (unpaired) electrons. The van der Waals surface area contributed by atoms with Crippen molar-refractivity contribution in [1.82, 2.24) is 29.4 Å². The van der Waals surface area contributed by atoms with Crippen LogP contribution in [0.25, 0.3) is 10.9 Å². The van der Waals surface area contributed by atoms with Crippen LogP contribution in [0.5, 0.6) is 0 Å². The number of aromatic nitrogens is 4. The molecule has 2 aromatic carbocycles. The van der Waals surface area contributed by atoms with E-state index < -0.39 is 10.0 Å². The third kappa shape index (κ3) is 7.41. The summed E-state index contributed by atoms with van der Waals surface area (Å²) in [7, 11) is -3.48. The second-order valence-corrected chi connectivity index (χ2v) is 11.7. The molecule has 0 aliphatic rings. The van der Waals surface area contributed by atoms with Gasteiger partial charge in [-0.15, -0.1) is 0 Å². The minimum Gasteiger partial charge on any atom is -0.361 e. The Bertz CT molecular complexity index is 1380. The van der Waals surface area contributed by atoms with Crippen LogP contribution in [0.3, 0.4) is 0 Å². The fraction of sp³-hybridized carbons (Fsp3) is 0.407. The van der Waals surface area contributed by atoms with Crippen LogP contribution in [0.2, 0.25) is 5.02 Å². The van der Waals surface area contributed by atoms with Crippen LogP contribution in [0.1, 0.15) is 43.0 Å². The highest BCUT2D eigenvalue weighted by Crippen LogP contribution is 2.24. The predicted octanol–water partition coefficient (Wildman–Crippen LogP) is 4.64. The Labute approximate surface area is 224 Å². The summed E-state index contributed by atoms with van der Waals surface area (Å²) in [5.41, 5.74) is 3.15. The van der Waals surface area contributed by atoms with Gasteiger partial charge in [0.1, 0.15) is 5.82 Å². The molecule has 2 aromatic heterocycles. The number of sulfonamides is 1. The summed E-state index contributed by atoms with van der Waals surface area (Å²) >= 11 is 6.18. The van der Waals surface area contributed by atoms with Gasteiger partial charge in [0.15, 0.2) is 5.82 Å². The first-order valence-electron chi connectivity index (χ1n) is 12.8. The Kier molecular flexibility index (Phi) is 9.37. The SMILES string of the molecule is CCN(CC)CCCS(=O)(=O)N(CCc1ccccc1)Cc1n[nH]c(Cc2c[nH]c3ccc(Cl)cc23)n1. The summed E-state index contributed by atoms with van der Waals surface area (Å²) in [5, 5.41) is 9.05. The third-order valence-electron chi connectivity index (χ3n) is 6.64. The van der Waals surface area contributed by atoms with Crippen molar-refractivity contribution in [2.24, 2.45) is 0 Å². The van der Waals surface area contributed by atoms with Crippen LogP contribution in [-0.2, 0) is 29.4 Å². The summed E-state index contributed by atoms with van der Waals surface area (Å²) in [6.45, 7) is 7.29. The fourth-order valence-electron chi connectivity index (χ4n) is 4.47. The van der Waals surface area contributed by atoms with Gasteiger partial charge >= 0.3 is 0 Å². The van der Waals surface area contributed by atoms with Crippen molar-refractivity contribution in [2.45, 2.75) is 39.7 Å². The van der Waals surface area contributed by atoms with Crippen molar-refractivity contribution in [1.29, 1.82) is 0 Å². The van der Waals surface area contributed by atoms with Gasteiger partial charge in [-0.3, -0.25) is 5.10 Å². The average molecular weight is 543 g/mol. The van der Waals surface area contributed by atoms with Gasteiger partial charge in [0.05, 0.1) is 12.3 Å². The van der Waals surface area contributed by atoms with Crippen molar-refractivity contribution in [3.8, 4) is 0 Å². The summed E-state index contributed by atoms with van der Waals surface area (Å²) in [4.78, 5) is 10.1. The smallest absolute Gasteiger partial charge is 0.214 e. The Hall–Kier alpha value is -2.72. The van der Waals surface area contributed by atoms with E-state index >= 15 is 0 Å². The number of fused-ring (bicyclic) bond motifs is 1. The summed E-state index contributed by atoms with van der Waals surface area (Å²) in [6, 6.07) is 15.7. The number of aromatic amines is 2. The first-order chi connectivity index (χ1) is 17.9. The molecule has 198 valence electrons. The van der Waals surface area contributed by atoms with Gasteiger partial charge in [-0.25, -0.2) is 13.4 Å². The van der Waals surface area contributed by atoms with Crippen LogP contribution in [0, 0.1) is 0 Å². The van der Waals surface area contributed by atoms with E-state index in [0.29, 0.717) is 42.5 Å². The lowest BCUT2D eigenvalue weighted by atomic mass is 10.1. The molecule has 37 heavy (non-hydrogen) atoms. The Balaban J connectivity index is 1.47. The monoisotopic (exact) mass is 542 g/mol. The van der Waals surface area contributed by atoms with E-state index in [4.69, 9.17) is 11.6 Å². The first-order valence-corrected chi connectivity index (χ1v) is 14.8. The van der Waals surface area contributed by atoms with Crippen molar-refractivity contribution in [2.75, 3.05) is 31.9 Å². The molecule has 0 bridgehead atoms. The predicted molar refractivity (Wildman–Crippen MR) is 149 cm³/mol. The number of halogens is 1. The van der Waals surface area contributed by atoms with Crippen LogP contribution >= 0.6 is 11.6 Å². The van der Waals surface area contributed by atoms with Gasteiger partial charge < -0.3 is 9.88 Å². The molecule has 2 heterocycles. The minimum atomic E-state index is -3.48. The van der Waals surface area contributed by atoms with Crippen molar-refractivity contribution < 1.29 is 8.42 Å². The molecule has 8 nitrogen and oxygen atoms in total. The Morgan fingerprint density at radius 2 is 1.81 bits per heavy atom. The van der Waals surface area contributed by atoms with E-state index in [-0.39, 0.29) is 12.3 Å². The maximum atomic E-state index is 13.4. The number of H-pyrrole nitrogens is 2. The molecule has 4 aromatic rings. The lowest BCUT2D eigenvalue weighted by Gasteiger charge is -2.22. The van der Waals surface area contributed by atoms with Crippen LogP contribution in [-0.4, -0.2) is 69.7 Å². The maximum Gasteiger partial charge on any atom is 0.214 e. The van der Waals surface area contributed by atoms with Crippen molar-refractivity contribution in [3.63, 3.8) is 0 Å².